The summed E-state index contributed by atoms with van der Waals surface area (Å²) in [5, 5.41) is 0. The van der Waals surface area contributed by atoms with Crippen LogP contribution < -0.4 is 4.74 Å². The van der Waals surface area contributed by atoms with Crippen LogP contribution in [0.4, 0.5) is 4.39 Å². The zero-order chi connectivity index (χ0) is 21.4. The Morgan fingerprint density at radius 3 is 2.55 bits per heavy atom. The summed E-state index contributed by atoms with van der Waals surface area (Å²) >= 11 is 0. The molecule has 31 heavy (non-hydrogen) atoms. The molecule has 2 unspecified atom stereocenters. The molecule has 160 valence electrons. The Hall–Kier alpha value is -2.88. The highest BCUT2D eigenvalue weighted by atomic mass is 32.2. The second-order valence-corrected chi connectivity index (χ2v) is 9.58. The lowest BCUT2D eigenvalue weighted by atomic mass is 10.2. The van der Waals surface area contributed by atoms with Crippen molar-refractivity contribution in [1.29, 1.82) is 0 Å². The molecule has 7 nitrogen and oxygen atoms in total. The van der Waals surface area contributed by atoms with Crippen molar-refractivity contribution in [2.75, 3.05) is 13.1 Å². The van der Waals surface area contributed by atoms with Gasteiger partial charge in [0.15, 0.2) is 0 Å². The van der Waals surface area contributed by atoms with E-state index in [9.17, 15) is 12.8 Å². The Labute approximate surface area is 180 Å². The summed E-state index contributed by atoms with van der Waals surface area (Å²) in [5.74, 6) is -0.154. The SMILES string of the molecule is O=S1(=O)c2cccnc2OC2CN(Cc3ccc(F)cc3)CC2N1Cc1ccccn1. The molecule has 2 atom stereocenters. The highest BCUT2D eigenvalue weighted by Gasteiger charge is 2.47. The molecule has 3 aromatic rings. The predicted molar refractivity (Wildman–Crippen MR) is 111 cm³/mol. The summed E-state index contributed by atoms with van der Waals surface area (Å²) in [5.41, 5.74) is 1.62. The average Bonchev–Trinajstić information content (AvgIpc) is 3.12. The maximum absolute atomic E-state index is 13.6. The van der Waals surface area contributed by atoms with Gasteiger partial charge in [0.05, 0.1) is 18.3 Å². The molecule has 2 aromatic heterocycles. The summed E-state index contributed by atoms with van der Waals surface area (Å²) in [7, 11) is -3.84. The minimum absolute atomic E-state index is 0.0745. The van der Waals surface area contributed by atoms with Crippen molar-refractivity contribution in [3.05, 3.63) is 84.1 Å². The van der Waals surface area contributed by atoms with E-state index in [0.29, 0.717) is 25.3 Å². The maximum atomic E-state index is 13.6. The van der Waals surface area contributed by atoms with Gasteiger partial charge in [0.1, 0.15) is 16.8 Å². The van der Waals surface area contributed by atoms with Crippen molar-refractivity contribution < 1.29 is 17.5 Å². The van der Waals surface area contributed by atoms with Gasteiger partial charge in [-0.1, -0.05) is 18.2 Å². The summed E-state index contributed by atoms with van der Waals surface area (Å²) < 4.78 is 48.0. The summed E-state index contributed by atoms with van der Waals surface area (Å²) in [6.07, 6.45) is 2.80. The van der Waals surface area contributed by atoms with Gasteiger partial charge in [-0.2, -0.15) is 4.31 Å². The fourth-order valence-corrected chi connectivity index (χ4v) is 5.85. The second kappa shape index (κ2) is 7.99. The third-order valence-corrected chi connectivity index (χ3v) is 7.52. The zero-order valence-electron chi connectivity index (χ0n) is 16.6. The van der Waals surface area contributed by atoms with Crippen molar-refractivity contribution in [2.24, 2.45) is 0 Å². The van der Waals surface area contributed by atoms with Crippen LogP contribution in [0.1, 0.15) is 11.3 Å². The Kier molecular flexibility index (Phi) is 5.17. The van der Waals surface area contributed by atoms with Crippen molar-refractivity contribution in [3.63, 3.8) is 0 Å². The van der Waals surface area contributed by atoms with Gasteiger partial charge >= 0.3 is 0 Å². The summed E-state index contributed by atoms with van der Waals surface area (Å²) in [6, 6.07) is 14.5. The first-order valence-corrected chi connectivity index (χ1v) is 11.4. The number of nitrogens with zero attached hydrogens (tertiary/aromatic N) is 4. The summed E-state index contributed by atoms with van der Waals surface area (Å²) in [4.78, 5) is 10.7. The standard InChI is InChI=1S/C22H21FN4O3S/c23-17-8-6-16(7-9-17)12-26-14-19-20(15-26)30-22-21(5-3-11-25-22)31(28,29)27(19)13-18-4-1-2-10-24-18/h1-11,19-20H,12-15H2. The third-order valence-electron chi connectivity index (χ3n) is 5.63. The number of ether oxygens (including phenoxy) is 1. The molecule has 0 radical (unpaired) electrons. The molecule has 0 spiro atoms. The van der Waals surface area contributed by atoms with Crippen LogP contribution in [-0.2, 0) is 23.1 Å². The number of benzene rings is 1. The van der Waals surface area contributed by atoms with Gasteiger partial charge in [0.2, 0.25) is 15.9 Å². The molecule has 4 heterocycles. The van der Waals surface area contributed by atoms with E-state index in [1.807, 2.05) is 12.1 Å². The van der Waals surface area contributed by atoms with Crippen LogP contribution in [0.2, 0.25) is 0 Å². The molecule has 1 fully saturated rings. The van der Waals surface area contributed by atoms with Crippen LogP contribution in [0.3, 0.4) is 0 Å². The van der Waals surface area contributed by atoms with E-state index in [1.165, 1.54) is 28.7 Å². The van der Waals surface area contributed by atoms with Crippen LogP contribution in [0.5, 0.6) is 5.88 Å². The molecule has 0 amide bonds. The number of pyridine rings is 2. The van der Waals surface area contributed by atoms with Gasteiger partial charge in [-0.3, -0.25) is 9.88 Å². The molecule has 9 heteroatoms. The van der Waals surface area contributed by atoms with Crippen LogP contribution in [0.25, 0.3) is 0 Å². The minimum Gasteiger partial charge on any atom is -0.470 e. The van der Waals surface area contributed by atoms with Gasteiger partial charge in [0.25, 0.3) is 0 Å². The smallest absolute Gasteiger partial charge is 0.249 e. The minimum atomic E-state index is -3.84. The summed E-state index contributed by atoms with van der Waals surface area (Å²) in [6.45, 7) is 1.74. The first-order chi connectivity index (χ1) is 15.0. The second-order valence-electron chi connectivity index (χ2n) is 7.72. The van der Waals surface area contributed by atoms with Gasteiger partial charge in [-0.25, -0.2) is 17.8 Å². The molecule has 5 rings (SSSR count). The monoisotopic (exact) mass is 440 g/mol. The van der Waals surface area contributed by atoms with E-state index in [2.05, 4.69) is 14.9 Å². The number of hydrogen-bond donors (Lipinski definition) is 0. The highest BCUT2D eigenvalue weighted by Crippen LogP contribution is 2.35. The molecule has 0 bridgehead atoms. The van der Waals surface area contributed by atoms with Gasteiger partial charge < -0.3 is 4.74 Å². The van der Waals surface area contributed by atoms with E-state index >= 15 is 0 Å². The fraction of sp³-hybridized carbons (Fsp3) is 0.273. The number of likely N-dealkylation sites (tertiary alicyclic amines) is 1. The number of halogens is 1. The lowest BCUT2D eigenvalue weighted by molar-refractivity contribution is 0.143. The first kappa shape index (κ1) is 20.0. The molecule has 1 aromatic carbocycles. The van der Waals surface area contributed by atoms with E-state index < -0.39 is 16.1 Å². The Balaban J connectivity index is 1.49. The fourth-order valence-electron chi connectivity index (χ4n) is 4.16. The molecular weight excluding hydrogens is 419 g/mol. The number of rotatable bonds is 4. The van der Waals surface area contributed by atoms with Crippen LogP contribution >= 0.6 is 0 Å². The van der Waals surface area contributed by atoms with Crippen LogP contribution in [0, 0.1) is 5.82 Å². The van der Waals surface area contributed by atoms with Gasteiger partial charge in [-0.15, -0.1) is 0 Å². The van der Waals surface area contributed by atoms with E-state index in [-0.39, 0.29) is 29.2 Å². The largest absolute Gasteiger partial charge is 0.470 e. The van der Waals surface area contributed by atoms with E-state index in [0.717, 1.165) is 5.56 Å². The van der Waals surface area contributed by atoms with Crippen LogP contribution in [0.15, 0.2) is 71.9 Å². The molecule has 1 saturated heterocycles. The quantitative estimate of drug-likeness (QED) is 0.621. The van der Waals surface area contributed by atoms with Gasteiger partial charge in [0, 0.05) is 32.0 Å². The van der Waals surface area contributed by atoms with E-state index in [1.54, 1.807) is 30.5 Å². The average molecular weight is 441 g/mol. The normalized spacial score (nSPS) is 22.9. The Bertz CT molecular complexity index is 1170. The third kappa shape index (κ3) is 3.91. The lowest BCUT2D eigenvalue weighted by Crippen LogP contribution is -2.46. The number of sulfonamides is 1. The van der Waals surface area contributed by atoms with Crippen molar-refractivity contribution in [3.8, 4) is 5.88 Å². The Morgan fingerprint density at radius 1 is 0.968 bits per heavy atom. The zero-order valence-corrected chi connectivity index (χ0v) is 17.5. The van der Waals surface area contributed by atoms with Crippen LogP contribution in [-0.4, -0.2) is 52.8 Å². The number of fused-ring (bicyclic) bond motifs is 2. The van der Waals surface area contributed by atoms with Gasteiger partial charge in [-0.05, 0) is 42.0 Å². The van der Waals surface area contributed by atoms with E-state index in [4.69, 9.17) is 4.74 Å². The molecule has 2 aliphatic rings. The number of hydrogen-bond acceptors (Lipinski definition) is 6. The topological polar surface area (TPSA) is 75.6 Å². The molecule has 0 aliphatic carbocycles. The predicted octanol–water partition coefficient (Wildman–Crippen LogP) is 2.45. The first-order valence-electron chi connectivity index (χ1n) is 10.0. The van der Waals surface area contributed by atoms with Crippen molar-refractivity contribution in [2.45, 2.75) is 30.1 Å². The molecule has 0 N–H and O–H groups in total. The van der Waals surface area contributed by atoms with Crippen molar-refractivity contribution in [1.82, 2.24) is 19.2 Å². The number of aromatic nitrogens is 2. The molecule has 2 aliphatic heterocycles. The molecule has 0 saturated carbocycles. The highest BCUT2D eigenvalue weighted by molar-refractivity contribution is 7.89. The van der Waals surface area contributed by atoms with Crippen molar-refractivity contribution >= 4 is 10.0 Å². The maximum Gasteiger partial charge on any atom is 0.249 e. The molecular formula is C22H21FN4O3S. The lowest BCUT2D eigenvalue weighted by Gasteiger charge is -2.27. The Morgan fingerprint density at radius 2 is 1.77 bits per heavy atom.